The Bertz CT molecular complexity index is 1190. The van der Waals surface area contributed by atoms with E-state index in [0.29, 0.717) is 27.8 Å². The third-order valence-electron chi connectivity index (χ3n) is 4.33. The van der Waals surface area contributed by atoms with E-state index in [2.05, 4.69) is 10.2 Å². The fraction of sp³-hybridized carbons (Fsp3) is 0.100. The molecule has 2 heterocycles. The Hall–Kier alpha value is -3.61. The zero-order chi connectivity index (χ0) is 19.0. The molecule has 27 heavy (non-hydrogen) atoms. The Labute approximate surface area is 153 Å². The topological polar surface area (TPSA) is 69.8 Å². The number of hydrogen-bond acceptors (Lipinski definition) is 4. The van der Waals surface area contributed by atoms with Crippen LogP contribution in [0.2, 0.25) is 0 Å². The minimum absolute atomic E-state index is 0.172. The molecular weight excluding hydrogens is 347 g/mol. The van der Waals surface area contributed by atoms with Crippen LogP contribution in [0.5, 0.6) is 0 Å². The number of fused-ring (bicyclic) bond motifs is 1. The Morgan fingerprint density at radius 2 is 1.78 bits per heavy atom. The van der Waals surface area contributed by atoms with Crippen molar-refractivity contribution in [2.75, 3.05) is 0 Å². The maximum Gasteiger partial charge on any atom is 0.293 e. The maximum atomic E-state index is 13.2. The van der Waals surface area contributed by atoms with Crippen molar-refractivity contribution in [2.45, 2.75) is 13.5 Å². The Morgan fingerprint density at radius 3 is 2.48 bits per heavy atom. The number of carbonyl (C=O) groups is 1. The van der Waals surface area contributed by atoms with Crippen LogP contribution in [0.4, 0.5) is 4.39 Å². The summed E-state index contributed by atoms with van der Waals surface area (Å²) in [5, 5.41) is 9.10. The van der Waals surface area contributed by atoms with Gasteiger partial charge in [0.2, 0.25) is 0 Å². The maximum absolute atomic E-state index is 13.2. The van der Waals surface area contributed by atoms with E-state index in [9.17, 15) is 14.0 Å². The molecule has 6 nitrogen and oxygen atoms in total. The van der Waals surface area contributed by atoms with Gasteiger partial charge in [-0.2, -0.15) is 10.2 Å². The van der Waals surface area contributed by atoms with E-state index in [4.69, 9.17) is 0 Å². The molecule has 0 radical (unpaired) electrons. The van der Waals surface area contributed by atoms with Crippen molar-refractivity contribution in [1.82, 2.24) is 19.6 Å². The smallest absolute Gasteiger partial charge is 0.292 e. The first-order valence-electron chi connectivity index (χ1n) is 8.34. The lowest BCUT2D eigenvalue weighted by atomic mass is 10.1. The number of benzene rings is 2. The first-order chi connectivity index (χ1) is 13.0. The number of aryl methyl sites for hydroxylation is 1. The minimum atomic E-state index is -0.429. The van der Waals surface area contributed by atoms with E-state index in [1.54, 1.807) is 37.4 Å². The van der Waals surface area contributed by atoms with Gasteiger partial charge >= 0.3 is 0 Å². The summed E-state index contributed by atoms with van der Waals surface area (Å²) >= 11 is 0. The van der Waals surface area contributed by atoms with Gasteiger partial charge < -0.3 is 0 Å². The highest BCUT2D eigenvalue weighted by atomic mass is 19.1. The van der Waals surface area contributed by atoms with E-state index in [-0.39, 0.29) is 18.1 Å². The molecule has 0 atom stereocenters. The lowest BCUT2D eigenvalue weighted by Gasteiger charge is -2.08. The number of rotatable bonds is 4. The second-order valence-corrected chi connectivity index (χ2v) is 6.13. The van der Waals surface area contributed by atoms with Crippen molar-refractivity contribution in [3.8, 4) is 5.69 Å². The number of hydrogen-bond donors (Lipinski definition) is 0. The molecule has 0 amide bonds. The quantitative estimate of drug-likeness (QED) is 0.524. The molecule has 7 heteroatoms. The standard InChI is InChI=1S/C20H15FN4O2/c1-13-17-11-22-25(16-9-7-15(21)8-10-16)19(17)20(27)24(23-13)12-18(26)14-5-3-2-4-6-14/h2-11H,12H2,1H3. The lowest BCUT2D eigenvalue weighted by Crippen LogP contribution is -2.28. The van der Waals surface area contributed by atoms with Crippen molar-refractivity contribution in [2.24, 2.45) is 0 Å². The normalized spacial score (nSPS) is 11.0. The summed E-state index contributed by atoms with van der Waals surface area (Å²) in [6, 6.07) is 14.4. The van der Waals surface area contributed by atoms with E-state index >= 15 is 0 Å². The monoisotopic (exact) mass is 362 g/mol. The van der Waals surface area contributed by atoms with Gasteiger partial charge in [0, 0.05) is 10.9 Å². The fourth-order valence-corrected chi connectivity index (χ4v) is 2.96. The molecule has 4 aromatic rings. The molecule has 0 fully saturated rings. The lowest BCUT2D eigenvalue weighted by molar-refractivity contribution is 0.0966. The minimum Gasteiger partial charge on any atom is -0.292 e. The van der Waals surface area contributed by atoms with Crippen LogP contribution in [-0.4, -0.2) is 25.3 Å². The van der Waals surface area contributed by atoms with Crippen LogP contribution in [0.3, 0.4) is 0 Å². The molecule has 0 aliphatic heterocycles. The van der Waals surface area contributed by atoms with Crippen LogP contribution in [0.1, 0.15) is 16.1 Å². The van der Waals surface area contributed by atoms with Crippen LogP contribution in [0.15, 0.2) is 65.6 Å². The molecule has 2 aromatic carbocycles. The van der Waals surface area contributed by atoms with Crippen LogP contribution >= 0.6 is 0 Å². The Kier molecular flexibility index (Phi) is 4.12. The molecule has 0 N–H and O–H groups in total. The Morgan fingerprint density at radius 1 is 1.07 bits per heavy atom. The summed E-state index contributed by atoms with van der Waals surface area (Å²) in [5.74, 6) is -0.587. The van der Waals surface area contributed by atoms with Gasteiger partial charge in [-0.3, -0.25) is 9.59 Å². The van der Waals surface area contributed by atoms with Gasteiger partial charge in [0.05, 0.1) is 17.6 Å². The van der Waals surface area contributed by atoms with E-state index < -0.39 is 5.56 Å². The highest BCUT2D eigenvalue weighted by Crippen LogP contribution is 2.17. The first-order valence-corrected chi connectivity index (χ1v) is 8.34. The first kappa shape index (κ1) is 16.8. The number of nitrogens with zero attached hydrogens (tertiary/aromatic N) is 4. The number of halogens is 1. The Balaban J connectivity index is 1.82. The summed E-state index contributed by atoms with van der Waals surface area (Å²) in [4.78, 5) is 25.5. The molecule has 0 saturated carbocycles. The average molecular weight is 362 g/mol. The van der Waals surface area contributed by atoms with Gasteiger partial charge in [-0.1, -0.05) is 30.3 Å². The fourth-order valence-electron chi connectivity index (χ4n) is 2.96. The predicted molar refractivity (Wildman–Crippen MR) is 98.6 cm³/mol. The molecule has 0 aliphatic rings. The summed E-state index contributed by atoms with van der Waals surface area (Å²) < 4.78 is 15.8. The van der Waals surface area contributed by atoms with Crippen molar-refractivity contribution in [3.63, 3.8) is 0 Å². The molecule has 0 saturated heterocycles. The molecule has 2 aromatic heterocycles. The second kappa shape index (κ2) is 6.60. The zero-order valence-electron chi connectivity index (χ0n) is 14.5. The largest absolute Gasteiger partial charge is 0.293 e. The summed E-state index contributed by atoms with van der Waals surface area (Å²) in [5.41, 5.74) is 1.52. The second-order valence-electron chi connectivity index (χ2n) is 6.13. The van der Waals surface area contributed by atoms with Crippen molar-refractivity contribution < 1.29 is 9.18 Å². The summed E-state index contributed by atoms with van der Waals surface area (Å²) in [6.07, 6.45) is 1.55. The number of ketones is 1. The van der Waals surface area contributed by atoms with Crippen LogP contribution in [0, 0.1) is 12.7 Å². The molecule has 134 valence electrons. The van der Waals surface area contributed by atoms with Crippen molar-refractivity contribution in [1.29, 1.82) is 0 Å². The molecule has 0 bridgehead atoms. The molecule has 0 spiro atoms. The number of aromatic nitrogens is 4. The third-order valence-corrected chi connectivity index (χ3v) is 4.33. The SMILES string of the molecule is Cc1nn(CC(=O)c2ccccc2)c(=O)c2c1cnn2-c1ccc(F)cc1. The molecular formula is C20H15FN4O2. The zero-order valence-corrected chi connectivity index (χ0v) is 14.5. The van der Waals surface area contributed by atoms with Gasteiger partial charge in [-0.15, -0.1) is 0 Å². The highest BCUT2D eigenvalue weighted by Gasteiger charge is 2.17. The van der Waals surface area contributed by atoms with Gasteiger partial charge in [0.15, 0.2) is 5.78 Å². The molecule has 0 aliphatic carbocycles. The van der Waals surface area contributed by atoms with Gasteiger partial charge in [-0.25, -0.2) is 13.8 Å². The van der Waals surface area contributed by atoms with E-state index in [1.165, 1.54) is 28.9 Å². The predicted octanol–water partition coefficient (Wildman–Crippen LogP) is 2.91. The van der Waals surface area contributed by atoms with Crippen molar-refractivity contribution in [3.05, 3.63) is 88.2 Å². The van der Waals surface area contributed by atoms with Crippen LogP contribution in [-0.2, 0) is 6.54 Å². The summed E-state index contributed by atoms with van der Waals surface area (Å²) in [7, 11) is 0. The van der Waals surface area contributed by atoms with Crippen LogP contribution in [0.25, 0.3) is 16.6 Å². The average Bonchev–Trinajstić information content (AvgIpc) is 3.13. The molecule has 4 rings (SSSR count). The van der Waals surface area contributed by atoms with Crippen LogP contribution < -0.4 is 5.56 Å². The third kappa shape index (κ3) is 3.03. The number of carbonyl (C=O) groups excluding carboxylic acids is 1. The van der Waals surface area contributed by atoms with E-state index in [0.717, 1.165) is 4.68 Å². The van der Waals surface area contributed by atoms with Gasteiger partial charge in [-0.05, 0) is 31.2 Å². The van der Waals surface area contributed by atoms with Crippen molar-refractivity contribution >= 4 is 16.7 Å². The van der Waals surface area contributed by atoms with Gasteiger partial charge in [0.25, 0.3) is 5.56 Å². The highest BCUT2D eigenvalue weighted by molar-refractivity contribution is 5.96. The van der Waals surface area contributed by atoms with E-state index in [1.807, 2.05) is 6.07 Å². The molecule has 0 unspecified atom stereocenters. The van der Waals surface area contributed by atoms with Gasteiger partial charge in [0.1, 0.15) is 17.9 Å². The summed E-state index contributed by atoms with van der Waals surface area (Å²) in [6.45, 7) is 1.58. The number of Topliss-reactive ketones (excluding diaryl/α,β-unsaturated/α-hetero) is 1.